The van der Waals surface area contributed by atoms with Crippen LogP contribution in [0.1, 0.15) is 18.8 Å². The standard InChI is InChI=1S/C8H14N4OS/c1-5(7(13)11(3)4)12-6(2)9-10-8(12)14/h5H,1-4H3,(H,10,14). The Morgan fingerprint density at radius 1 is 1.64 bits per heavy atom. The summed E-state index contributed by atoms with van der Waals surface area (Å²) in [5.41, 5.74) is 0. The number of aromatic amines is 1. The highest BCUT2D eigenvalue weighted by Crippen LogP contribution is 2.10. The molecule has 0 bridgehead atoms. The van der Waals surface area contributed by atoms with Gasteiger partial charge in [-0.05, 0) is 26.1 Å². The zero-order chi connectivity index (χ0) is 10.9. The third-order valence-corrected chi connectivity index (χ3v) is 2.35. The first kappa shape index (κ1) is 10.9. The minimum Gasteiger partial charge on any atom is -0.347 e. The molecule has 1 rings (SSSR count). The Labute approximate surface area is 87.7 Å². The van der Waals surface area contributed by atoms with Crippen molar-refractivity contribution in [2.24, 2.45) is 0 Å². The van der Waals surface area contributed by atoms with E-state index in [1.165, 1.54) is 0 Å². The number of carbonyl (C=O) groups is 1. The molecule has 0 saturated heterocycles. The number of hydrogen-bond donors (Lipinski definition) is 1. The molecule has 14 heavy (non-hydrogen) atoms. The first-order chi connectivity index (χ1) is 6.45. The summed E-state index contributed by atoms with van der Waals surface area (Å²) in [5, 5.41) is 6.61. The van der Waals surface area contributed by atoms with Crippen molar-refractivity contribution in [2.45, 2.75) is 19.9 Å². The Bertz CT molecular complexity index is 392. The fraction of sp³-hybridized carbons (Fsp3) is 0.625. The molecule has 78 valence electrons. The highest BCUT2D eigenvalue weighted by molar-refractivity contribution is 7.71. The van der Waals surface area contributed by atoms with Gasteiger partial charge in [0.2, 0.25) is 5.91 Å². The second kappa shape index (κ2) is 3.91. The van der Waals surface area contributed by atoms with Gasteiger partial charge in [-0.2, -0.15) is 5.10 Å². The van der Waals surface area contributed by atoms with Crippen LogP contribution in [-0.4, -0.2) is 39.7 Å². The molecule has 1 amide bonds. The van der Waals surface area contributed by atoms with E-state index in [0.29, 0.717) is 4.77 Å². The largest absolute Gasteiger partial charge is 0.347 e. The molecule has 6 heteroatoms. The van der Waals surface area contributed by atoms with Crippen molar-refractivity contribution in [2.75, 3.05) is 14.1 Å². The van der Waals surface area contributed by atoms with Crippen molar-refractivity contribution < 1.29 is 4.79 Å². The van der Waals surface area contributed by atoms with Gasteiger partial charge < -0.3 is 4.90 Å². The van der Waals surface area contributed by atoms with Crippen molar-refractivity contribution in [3.63, 3.8) is 0 Å². The van der Waals surface area contributed by atoms with Crippen LogP contribution in [0.2, 0.25) is 0 Å². The van der Waals surface area contributed by atoms with Crippen LogP contribution in [0.25, 0.3) is 0 Å². The van der Waals surface area contributed by atoms with Gasteiger partial charge in [0, 0.05) is 14.1 Å². The highest BCUT2D eigenvalue weighted by atomic mass is 32.1. The van der Waals surface area contributed by atoms with Crippen molar-refractivity contribution in [1.29, 1.82) is 0 Å². The predicted molar refractivity (Wildman–Crippen MR) is 55.6 cm³/mol. The Hall–Kier alpha value is -1.17. The average molecular weight is 214 g/mol. The van der Waals surface area contributed by atoms with E-state index < -0.39 is 0 Å². The molecular weight excluding hydrogens is 200 g/mol. The summed E-state index contributed by atoms with van der Waals surface area (Å²) in [6.07, 6.45) is 0. The lowest BCUT2D eigenvalue weighted by atomic mass is 10.3. The van der Waals surface area contributed by atoms with Crippen LogP contribution in [0.15, 0.2) is 0 Å². The van der Waals surface area contributed by atoms with Crippen LogP contribution in [-0.2, 0) is 4.79 Å². The van der Waals surface area contributed by atoms with Gasteiger partial charge in [0.05, 0.1) is 0 Å². The van der Waals surface area contributed by atoms with Crippen molar-refractivity contribution in [3.05, 3.63) is 10.6 Å². The first-order valence-corrected chi connectivity index (χ1v) is 4.70. The molecule has 1 atom stereocenters. The lowest BCUT2D eigenvalue weighted by Crippen LogP contribution is -2.30. The molecule has 1 aromatic heterocycles. The lowest BCUT2D eigenvalue weighted by Gasteiger charge is -2.18. The summed E-state index contributed by atoms with van der Waals surface area (Å²) in [4.78, 5) is 13.2. The number of carbonyl (C=O) groups excluding carboxylic acids is 1. The topological polar surface area (TPSA) is 53.9 Å². The molecule has 0 aliphatic rings. The maximum absolute atomic E-state index is 11.7. The number of hydrogen-bond acceptors (Lipinski definition) is 3. The predicted octanol–water partition coefficient (Wildman–Crippen LogP) is 0.898. The second-order valence-electron chi connectivity index (χ2n) is 3.35. The monoisotopic (exact) mass is 214 g/mol. The average Bonchev–Trinajstić information content (AvgIpc) is 2.44. The molecule has 1 aromatic rings. The van der Waals surface area contributed by atoms with Gasteiger partial charge in [-0.1, -0.05) is 0 Å². The summed E-state index contributed by atoms with van der Waals surface area (Å²) in [5.74, 6) is 0.725. The maximum atomic E-state index is 11.7. The Morgan fingerprint density at radius 2 is 2.21 bits per heavy atom. The molecule has 5 nitrogen and oxygen atoms in total. The van der Waals surface area contributed by atoms with E-state index in [4.69, 9.17) is 12.2 Å². The van der Waals surface area contributed by atoms with Crippen molar-refractivity contribution in [1.82, 2.24) is 19.7 Å². The van der Waals surface area contributed by atoms with E-state index >= 15 is 0 Å². The molecule has 1 heterocycles. The van der Waals surface area contributed by atoms with Crippen LogP contribution in [0, 0.1) is 11.7 Å². The molecule has 0 saturated carbocycles. The highest BCUT2D eigenvalue weighted by Gasteiger charge is 2.19. The summed E-state index contributed by atoms with van der Waals surface area (Å²) < 4.78 is 2.18. The number of likely N-dealkylation sites (N-methyl/N-ethyl adjacent to an activating group) is 1. The smallest absolute Gasteiger partial charge is 0.244 e. The number of nitrogens with one attached hydrogen (secondary N) is 1. The van der Waals surface area contributed by atoms with E-state index in [2.05, 4.69) is 10.2 Å². The molecule has 1 unspecified atom stereocenters. The third kappa shape index (κ3) is 1.84. The molecule has 0 aliphatic carbocycles. The van der Waals surface area contributed by atoms with E-state index in [9.17, 15) is 4.79 Å². The van der Waals surface area contributed by atoms with Gasteiger partial charge in [0.1, 0.15) is 11.9 Å². The quantitative estimate of drug-likeness (QED) is 0.744. The van der Waals surface area contributed by atoms with Crippen LogP contribution >= 0.6 is 12.2 Å². The zero-order valence-corrected chi connectivity index (χ0v) is 9.55. The Morgan fingerprint density at radius 3 is 2.57 bits per heavy atom. The lowest BCUT2D eigenvalue weighted by molar-refractivity contribution is -0.131. The number of H-pyrrole nitrogens is 1. The minimum atomic E-state index is -0.309. The van der Waals surface area contributed by atoms with E-state index in [1.807, 2.05) is 6.92 Å². The zero-order valence-electron chi connectivity index (χ0n) is 8.74. The van der Waals surface area contributed by atoms with Crippen LogP contribution in [0.3, 0.4) is 0 Å². The molecule has 0 aromatic carbocycles. The fourth-order valence-corrected chi connectivity index (χ4v) is 1.66. The molecule has 0 fully saturated rings. The second-order valence-corrected chi connectivity index (χ2v) is 3.74. The summed E-state index contributed by atoms with van der Waals surface area (Å²) in [6.45, 7) is 3.62. The van der Waals surface area contributed by atoms with Gasteiger partial charge in [0.25, 0.3) is 0 Å². The Balaban J connectivity index is 3.06. The molecule has 0 spiro atoms. The van der Waals surface area contributed by atoms with Gasteiger partial charge in [0.15, 0.2) is 4.77 Å². The van der Waals surface area contributed by atoms with Gasteiger partial charge in [-0.15, -0.1) is 0 Å². The van der Waals surface area contributed by atoms with Crippen LogP contribution in [0.5, 0.6) is 0 Å². The van der Waals surface area contributed by atoms with Crippen molar-refractivity contribution in [3.8, 4) is 0 Å². The third-order valence-electron chi connectivity index (χ3n) is 2.07. The summed E-state index contributed by atoms with van der Waals surface area (Å²) in [7, 11) is 3.44. The molecule has 0 radical (unpaired) electrons. The summed E-state index contributed by atoms with van der Waals surface area (Å²) in [6, 6.07) is -0.309. The van der Waals surface area contributed by atoms with Gasteiger partial charge in [-0.3, -0.25) is 14.5 Å². The number of aromatic nitrogens is 3. The molecule has 1 N–H and O–H groups in total. The van der Waals surface area contributed by atoms with Crippen LogP contribution in [0.4, 0.5) is 0 Å². The SMILES string of the molecule is Cc1n[nH]c(=S)n1C(C)C(=O)N(C)C. The maximum Gasteiger partial charge on any atom is 0.244 e. The number of nitrogens with zero attached hydrogens (tertiary/aromatic N) is 3. The van der Waals surface area contributed by atoms with E-state index in [1.54, 1.807) is 30.5 Å². The van der Waals surface area contributed by atoms with Crippen LogP contribution < -0.4 is 0 Å². The Kier molecular flexibility index (Phi) is 3.05. The van der Waals surface area contributed by atoms with E-state index in [0.717, 1.165) is 5.82 Å². The molecular formula is C8H14N4OS. The fourth-order valence-electron chi connectivity index (χ4n) is 1.32. The van der Waals surface area contributed by atoms with E-state index in [-0.39, 0.29) is 11.9 Å². The van der Waals surface area contributed by atoms with Gasteiger partial charge >= 0.3 is 0 Å². The normalized spacial score (nSPS) is 12.6. The minimum absolute atomic E-state index is 0.00519. The number of rotatable bonds is 2. The number of aryl methyl sites for hydroxylation is 1. The molecule has 0 aliphatic heterocycles. The summed E-state index contributed by atoms with van der Waals surface area (Å²) >= 11 is 5.03. The first-order valence-electron chi connectivity index (χ1n) is 4.29. The van der Waals surface area contributed by atoms with Gasteiger partial charge in [-0.25, -0.2) is 0 Å². The van der Waals surface area contributed by atoms with Crippen molar-refractivity contribution >= 4 is 18.1 Å². The number of amides is 1.